The molecule has 3 heterocycles. The first-order chi connectivity index (χ1) is 18.3. The topological polar surface area (TPSA) is 47.1 Å². The van der Waals surface area contributed by atoms with Crippen LogP contribution in [0, 0.1) is 0 Å². The number of benzene rings is 3. The molecule has 6 rings (SSSR count). The SMILES string of the molecule is O=C1CSC2(C(=O)N(CN3CCN(c4ccccc4)CC3)c3ccccc32)N1c1cccc(C(F)(F)F)c1. The lowest BCUT2D eigenvalue weighted by atomic mass is 10.0. The molecular formula is C28H25F3N4O2S. The van der Waals surface area contributed by atoms with E-state index in [0.717, 1.165) is 44.0 Å². The molecule has 0 aliphatic carbocycles. The van der Waals surface area contributed by atoms with Crippen molar-refractivity contribution in [3.63, 3.8) is 0 Å². The highest BCUT2D eigenvalue weighted by molar-refractivity contribution is 8.02. The number of rotatable bonds is 4. The third-order valence-electron chi connectivity index (χ3n) is 7.33. The first-order valence-electron chi connectivity index (χ1n) is 12.4. The summed E-state index contributed by atoms with van der Waals surface area (Å²) in [5, 5.41) is 0. The number of halogens is 3. The second-order valence-electron chi connectivity index (χ2n) is 9.54. The Labute approximate surface area is 222 Å². The van der Waals surface area contributed by atoms with Gasteiger partial charge in [-0.05, 0) is 36.4 Å². The number of nitrogens with zero attached hydrogens (tertiary/aromatic N) is 4. The van der Waals surface area contributed by atoms with E-state index in [2.05, 4.69) is 21.9 Å². The first kappa shape index (κ1) is 24.8. The summed E-state index contributed by atoms with van der Waals surface area (Å²) < 4.78 is 40.5. The molecule has 0 saturated carbocycles. The van der Waals surface area contributed by atoms with Gasteiger partial charge >= 0.3 is 6.18 Å². The van der Waals surface area contributed by atoms with Gasteiger partial charge in [0.15, 0.2) is 0 Å². The van der Waals surface area contributed by atoms with Gasteiger partial charge in [-0.25, -0.2) is 0 Å². The van der Waals surface area contributed by atoms with E-state index in [9.17, 15) is 22.8 Å². The number of piperazine rings is 1. The van der Waals surface area contributed by atoms with Gasteiger partial charge in [-0.1, -0.05) is 42.5 Å². The maximum atomic E-state index is 14.2. The second kappa shape index (κ2) is 9.36. The van der Waals surface area contributed by atoms with Crippen molar-refractivity contribution in [2.75, 3.05) is 53.3 Å². The zero-order chi connectivity index (χ0) is 26.5. The van der Waals surface area contributed by atoms with E-state index < -0.39 is 22.5 Å². The summed E-state index contributed by atoms with van der Waals surface area (Å²) in [6.45, 7) is 3.45. The van der Waals surface area contributed by atoms with Crippen LogP contribution in [0.25, 0.3) is 0 Å². The molecule has 1 unspecified atom stereocenters. The van der Waals surface area contributed by atoms with E-state index >= 15 is 0 Å². The van der Waals surface area contributed by atoms with Gasteiger partial charge in [0.05, 0.1) is 23.7 Å². The Balaban J connectivity index is 1.30. The minimum absolute atomic E-state index is 0.0000896. The molecule has 0 aromatic heterocycles. The van der Waals surface area contributed by atoms with Crippen LogP contribution in [0.4, 0.5) is 30.2 Å². The quantitative estimate of drug-likeness (QED) is 0.479. The predicted octanol–water partition coefficient (Wildman–Crippen LogP) is 4.76. The van der Waals surface area contributed by atoms with Crippen LogP contribution in [0.15, 0.2) is 78.9 Å². The largest absolute Gasteiger partial charge is 0.416 e. The number of hydrogen-bond acceptors (Lipinski definition) is 5. The van der Waals surface area contributed by atoms with E-state index in [-0.39, 0.29) is 17.3 Å². The zero-order valence-corrected chi connectivity index (χ0v) is 21.2. The number of carbonyl (C=O) groups excluding carboxylic acids is 2. The van der Waals surface area contributed by atoms with Gasteiger partial charge in [-0.15, -0.1) is 11.8 Å². The Hall–Kier alpha value is -3.50. The fraction of sp³-hybridized carbons (Fsp3) is 0.286. The lowest BCUT2D eigenvalue weighted by Crippen LogP contribution is -2.54. The van der Waals surface area contributed by atoms with Gasteiger partial charge in [0.25, 0.3) is 5.91 Å². The van der Waals surface area contributed by atoms with E-state index in [4.69, 9.17) is 0 Å². The van der Waals surface area contributed by atoms with Crippen LogP contribution in [0.2, 0.25) is 0 Å². The molecule has 0 bridgehead atoms. The number of fused-ring (bicyclic) bond motifs is 2. The highest BCUT2D eigenvalue weighted by atomic mass is 32.2. The van der Waals surface area contributed by atoms with Crippen molar-refractivity contribution in [2.24, 2.45) is 0 Å². The fourth-order valence-electron chi connectivity index (χ4n) is 5.50. The molecule has 3 aliphatic heterocycles. The number of hydrogen-bond donors (Lipinski definition) is 0. The summed E-state index contributed by atoms with van der Waals surface area (Å²) in [7, 11) is 0. The molecule has 0 N–H and O–H groups in total. The molecule has 1 atom stereocenters. The van der Waals surface area contributed by atoms with Gasteiger partial charge in [-0.3, -0.25) is 24.3 Å². The molecule has 196 valence electrons. The molecule has 2 saturated heterocycles. The van der Waals surface area contributed by atoms with Gasteiger partial charge < -0.3 is 4.90 Å². The molecule has 2 amide bonds. The highest BCUT2D eigenvalue weighted by Gasteiger charge is 2.61. The van der Waals surface area contributed by atoms with Crippen LogP contribution in [0.1, 0.15) is 11.1 Å². The number of anilines is 3. The molecule has 38 heavy (non-hydrogen) atoms. The maximum Gasteiger partial charge on any atom is 0.416 e. The Bertz CT molecular complexity index is 1380. The zero-order valence-electron chi connectivity index (χ0n) is 20.4. The average molecular weight is 539 g/mol. The van der Waals surface area contributed by atoms with Crippen LogP contribution < -0.4 is 14.7 Å². The molecule has 3 aromatic carbocycles. The van der Waals surface area contributed by atoms with Crippen molar-refractivity contribution in [1.82, 2.24) is 4.90 Å². The molecule has 3 aromatic rings. The van der Waals surface area contributed by atoms with Crippen LogP contribution in [-0.2, 0) is 20.6 Å². The second-order valence-corrected chi connectivity index (χ2v) is 10.7. The summed E-state index contributed by atoms with van der Waals surface area (Å²) in [4.78, 5) is 33.4. The van der Waals surface area contributed by atoms with E-state index in [0.29, 0.717) is 17.9 Å². The van der Waals surface area contributed by atoms with E-state index in [1.54, 1.807) is 17.0 Å². The smallest absolute Gasteiger partial charge is 0.369 e. The standard InChI is InChI=1S/C28H25F3N4O2S/c29-28(30,31)20-7-6-10-22(17-20)35-25(36)18-38-27(35)23-11-4-5-12-24(23)34(26(27)37)19-32-13-15-33(16-14-32)21-8-2-1-3-9-21/h1-12,17H,13-16,18-19H2. The average Bonchev–Trinajstić information content (AvgIpc) is 3.40. The molecule has 3 aliphatic rings. The third-order valence-corrected chi connectivity index (χ3v) is 8.72. The fourth-order valence-corrected chi connectivity index (χ4v) is 6.86. The summed E-state index contributed by atoms with van der Waals surface area (Å²) >= 11 is 1.17. The van der Waals surface area contributed by atoms with Crippen molar-refractivity contribution in [3.8, 4) is 0 Å². The molecule has 0 radical (unpaired) electrons. The molecule has 10 heteroatoms. The van der Waals surface area contributed by atoms with Crippen molar-refractivity contribution in [3.05, 3.63) is 90.0 Å². The Kier molecular flexibility index (Phi) is 6.11. The normalized spacial score (nSPS) is 22.0. The minimum Gasteiger partial charge on any atom is -0.369 e. The number of alkyl halides is 3. The van der Waals surface area contributed by atoms with Gasteiger partial charge in [-0.2, -0.15) is 13.2 Å². The molecule has 2 fully saturated rings. The van der Waals surface area contributed by atoms with E-state index in [1.165, 1.54) is 28.8 Å². The Morgan fingerprint density at radius 2 is 1.50 bits per heavy atom. The van der Waals surface area contributed by atoms with Gasteiger partial charge in [0, 0.05) is 43.1 Å². The molecular weight excluding hydrogens is 513 g/mol. The van der Waals surface area contributed by atoms with Crippen molar-refractivity contribution < 1.29 is 22.8 Å². The Morgan fingerprint density at radius 3 is 2.24 bits per heavy atom. The monoisotopic (exact) mass is 538 g/mol. The van der Waals surface area contributed by atoms with Crippen LogP contribution >= 0.6 is 11.8 Å². The summed E-state index contributed by atoms with van der Waals surface area (Å²) in [6, 6.07) is 22.1. The lowest BCUT2D eigenvalue weighted by molar-refractivity contribution is -0.137. The highest BCUT2D eigenvalue weighted by Crippen LogP contribution is 2.56. The molecule has 1 spiro atoms. The predicted molar refractivity (Wildman–Crippen MR) is 142 cm³/mol. The number of carbonyl (C=O) groups is 2. The lowest BCUT2D eigenvalue weighted by Gasteiger charge is -2.38. The summed E-state index contributed by atoms with van der Waals surface area (Å²) in [5.41, 5.74) is 1.67. The van der Waals surface area contributed by atoms with Gasteiger partial charge in [0.1, 0.15) is 0 Å². The van der Waals surface area contributed by atoms with E-state index in [1.807, 2.05) is 30.3 Å². The third kappa shape index (κ3) is 4.03. The van der Waals surface area contributed by atoms with Crippen LogP contribution in [-0.4, -0.2) is 55.3 Å². The Morgan fingerprint density at radius 1 is 0.816 bits per heavy atom. The first-order valence-corrected chi connectivity index (χ1v) is 13.4. The number of para-hydroxylation sites is 2. The van der Waals surface area contributed by atoms with Gasteiger partial charge in [0.2, 0.25) is 10.8 Å². The summed E-state index contributed by atoms with van der Waals surface area (Å²) in [5.74, 6) is -0.701. The minimum atomic E-state index is -4.56. The maximum absolute atomic E-state index is 14.2. The number of thioether (sulfide) groups is 1. The van der Waals surface area contributed by atoms with Crippen LogP contribution in [0.5, 0.6) is 0 Å². The van der Waals surface area contributed by atoms with Crippen molar-refractivity contribution in [1.29, 1.82) is 0 Å². The molecule has 6 nitrogen and oxygen atoms in total. The van der Waals surface area contributed by atoms with Crippen molar-refractivity contribution in [2.45, 2.75) is 11.0 Å². The summed E-state index contributed by atoms with van der Waals surface area (Å²) in [6.07, 6.45) is -4.56. The van der Waals surface area contributed by atoms with Crippen molar-refractivity contribution >= 4 is 40.6 Å². The number of amides is 2. The van der Waals surface area contributed by atoms with Crippen LogP contribution in [0.3, 0.4) is 0 Å².